The fourth-order valence-electron chi connectivity index (χ4n) is 1.85. The first-order valence-corrected chi connectivity index (χ1v) is 5.84. The molecule has 0 heterocycles. The number of nitrogens with zero attached hydrogens (tertiary/aromatic N) is 2. The predicted octanol–water partition coefficient (Wildman–Crippen LogP) is 3.35. The lowest BCUT2D eigenvalue weighted by molar-refractivity contribution is 0.618. The van der Waals surface area contributed by atoms with Crippen molar-refractivity contribution in [3.8, 4) is 6.07 Å². The van der Waals surface area contributed by atoms with Gasteiger partial charge >= 0.3 is 0 Å². The Labute approximate surface area is 98.5 Å². The molecule has 86 valence electrons. The lowest BCUT2D eigenvalue weighted by Gasteiger charge is -2.26. The minimum absolute atomic E-state index is 0.604. The zero-order valence-corrected chi connectivity index (χ0v) is 10.6. The van der Waals surface area contributed by atoms with Crippen LogP contribution in [0, 0.1) is 24.2 Å². The molecule has 0 aliphatic rings. The number of hydrogen-bond acceptors (Lipinski definition) is 2. The van der Waals surface area contributed by atoms with Gasteiger partial charge in [-0.1, -0.05) is 19.9 Å². The minimum atomic E-state index is 0.604. The van der Waals surface area contributed by atoms with E-state index in [0.717, 1.165) is 29.9 Å². The van der Waals surface area contributed by atoms with Crippen LogP contribution in [0.2, 0.25) is 0 Å². The molecule has 1 aromatic rings. The molecule has 0 radical (unpaired) electrons. The largest absolute Gasteiger partial charge is 0.370 e. The summed E-state index contributed by atoms with van der Waals surface area (Å²) < 4.78 is 0. The van der Waals surface area contributed by atoms with Gasteiger partial charge in [0.15, 0.2) is 0 Å². The van der Waals surface area contributed by atoms with Crippen LogP contribution in [0.15, 0.2) is 18.2 Å². The molecule has 0 spiro atoms. The maximum Gasteiger partial charge on any atom is 0.101 e. The zero-order chi connectivity index (χ0) is 12.1. The summed E-state index contributed by atoms with van der Waals surface area (Å²) in [5.74, 6) is 0.604. The molecule has 1 rings (SSSR count). The van der Waals surface area contributed by atoms with Crippen molar-refractivity contribution < 1.29 is 0 Å². The molecule has 0 N–H and O–H groups in total. The summed E-state index contributed by atoms with van der Waals surface area (Å²) in [6, 6.07) is 8.36. The fraction of sp³-hybridized carbons (Fsp3) is 0.500. The van der Waals surface area contributed by atoms with Gasteiger partial charge in [0, 0.05) is 13.1 Å². The van der Waals surface area contributed by atoms with Gasteiger partial charge in [0.1, 0.15) is 6.07 Å². The molecule has 0 fully saturated rings. The second kappa shape index (κ2) is 5.55. The van der Waals surface area contributed by atoms with Crippen molar-refractivity contribution >= 4 is 5.69 Å². The molecule has 0 saturated heterocycles. The first-order valence-electron chi connectivity index (χ1n) is 5.84. The lowest BCUT2D eigenvalue weighted by atomic mass is 10.1. The second-order valence-corrected chi connectivity index (χ2v) is 4.56. The maximum atomic E-state index is 9.14. The molecule has 1 aromatic carbocycles. The van der Waals surface area contributed by atoms with E-state index in [2.05, 4.69) is 43.9 Å². The number of anilines is 1. The molecule has 0 aromatic heterocycles. The quantitative estimate of drug-likeness (QED) is 0.771. The number of benzene rings is 1. The molecule has 0 aliphatic carbocycles. The monoisotopic (exact) mass is 216 g/mol. The summed E-state index contributed by atoms with van der Waals surface area (Å²) in [5.41, 5.74) is 2.98. The predicted molar refractivity (Wildman–Crippen MR) is 68.6 cm³/mol. The van der Waals surface area contributed by atoms with E-state index in [9.17, 15) is 0 Å². The van der Waals surface area contributed by atoms with Crippen molar-refractivity contribution in [3.05, 3.63) is 29.3 Å². The van der Waals surface area contributed by atoms with Gasteiger partial charge in [0.05, 0.1) is 11.3 Å². The molecule has 2 heteroatoms. The van der Waals surface area contributed by atoms with E-state index in [4.69, 9.17) is 5.26 Å². The molecule has 16 heavy (non-hydrogen) atoms. The Bertz CT molecular complexity index is 388. The standard InChI is InChI=1S/C14H20N2/c1-5-16(10-11(2)3)14-7-6-12(4)8-13(14)9-15/h6-8,11H,5,10H2,1-4H3. The number of nitriles is 1. The molecule has 0 amide bonds. The van der Waals surface area contributed by atoms with Crippen LogP contribution < -0.4 is 4.90 Å². The van der Waals surface area contributed by atoms with Crippen LogP contribution in [0.1, 0.15) is 31.9 Å². The van der Waals surface area contributed by atoms with Crippen molar-refractivity contribution in [2.45, 2.75) is 27.7 Å². The van der Waals surface area contributed by atoms with Crippen molar-refractivity contribution in [2.24, 2.45) is 5.92 Å². The Morgan fingerprint density at radius 3 is 2.56 bits per heavy atom. The molecule has 2 nitrogen and oxygen atoms in total. The van der Waals surface area contributed by atoms with Crippen molar-refractivity contribution in [3.63, 3.8) is 0 Å². The van der Waals surface area contributed by atoms with E-state index in [1.54, 1.807) is 0 Å². The molecule has 0 bridgehead atoms. The summed E-state index contributed by atoms with van der Waals surface area (Å²) >= 11 is 0. The highest BCUT2D eigenvalue weighted by molar-refractivity contribution is 5.60. The summed E-state index contributed by atoms with van der Waals surface area (Å²) in [6.07, 6.45) is 0. The molecule has 0 saturated carbocycles. The van der Waals surface area contributed by atoms with Gasteiger partial charge in [-0.3, -0.25) is 0 Å². The number of hydrogen-bond donors (Lipinski definition) is 0. The SMILES string of the molecule is CCN(CC(C)C)c1ccc(C)cc1C#N. The average Bonchev–Trinajstić information content (AvgIpc) is 2.25. The van der Waals surface area contributed by atoms with Crippen LogP contribution in [0.3, 0.4) is 0 Å². The molecule has 0 atom stereocenters. The van der Waals surface area contributed by atoms with Gasteiger partial charge in [-0.2, -0.15) is 5.26 Å². The Hall–Kier alpha value is -1.49. The van der Waals surface area contributed by atoms with Crippen molar-refractivity contribution in [2.75, 3.05) is 18.0 Å². The van der Waals surface area contributed by atoms with E-state index in [1.165, 1.54) is 0 Å². The van der Waals surface area contributed by atoms with E-state index in [1.807, 2.05) is 13.0 Å². The summed E-state index contributed by atoms with van der Waals surface area (Å²) in [5, 5.41) is 9.14. The van der Waals surface area contributed by atoms with Gasteiger partial charge in [0.2, 0.25) is 0 Å². The normalized spacial score (nSPS) is 10.2. The number of aryl methyl sites for hydroxylation is 1. The Balaban J connectivity index is 3.05. The third-order valence-electron chi connectivity index (χ3n) is 2.58. The highest BCUT2D eigenvalue weighted by Gasteiger charge is 2.10. The first kappa shape index (κ1) is 12.6. The summed E-state index contributed by atoms with van der Waals surface area (Å²) in [4.78, 5) is 2.27. The lowest BCUT2D eigenvalue weighted by Crippen LogP contribution is -2.27. The average molecular weight is 216 g/mol. The van der Waals surface area contributed by atoms with Crippen molar-refractivity contribution in [1.82, 2.24) is 0 Å². The fourth-order valence-corrected chi connectivity index (χ4v) is 1.85. The highest BCUT2D eigenvalue weighted by atomic mass is 15.1. The Morgan fingerprint density at radius 2 is 2.06 bits per heavy atom. The molecular weight excluding hydrogens is 196 g/mol. The van der Waals surface area contributed by atoms with E-state index in [-0.39, 0.29) is 0 Å². The second-order valence-electron chi connectivity index (χ2n) is 4.56. The third kappa shape index (κ3) is 3.00. The van der Waals surface area contributed by atoms with Crippen LogP contribution in [0.25, 0.3) is 0 Å². The van der Waals surface area contributed by atoms with E-state index < -0.39 is 0 Å². The van der Waals surface area contributed by atoms with Crippen molar-refractivity contribution in [1.29, 1.82) is 5.26 Å². The van der Waals surface area contributed by atoms with Crippen LogP contribution in [0.4, 0.5) is 5.69 Å². The zero-order valence-electron chi connectivity index (χ0n) is 10.6. The van der Waals surface area contributed by atoms with Crippen LogP contribution >= 0.6 is 0 Å². The first-order chi connectivity index (χ1) is 7.58. The van der Waals surface area contributed by atoms with Gasteiger partial charge in [0.25, 0.3) is 0 Å². The Morgan fingerprint density at radius 1 is 1.38 bits per heavy atom. The third-order valence-corrected chi connectivity index (χ3v) is 2.58. The van der Waals surface area contributed by atoms with Gasteiger partial charge in [-0.25, -0.2) is 0 Å². The van der Waals surface area contributed by atoms with Gasteiger partial charge < -0.3 is 4.90 Å². The Kier molecular flexibility index (Phi) is 4.37. The van der Waals surface area contributed by atoms with Gasteiger partial charge in [-0.05, 0) is 37.5 Å². The molecule has 0 unspecified atom stereocenters. The highest BCUT2D eigenvalue weighted by Crippen LogP contribution is 2.22. The molecular formula is C14H20N2. The minimum Gasteiger partial charge on any atom is -0.370 e. The van der Waals surface area contributed by atoms with Gasteiger partial charge in [-0.15, -0.1) is 0 Å². The number of rotatable bonds is 4. The van der Waals surface area contributed by atoms with E-state index >= 15 is 0 Å². The maximum absolute atomic E-state index is 9.14. The summed E-state index contributed by atoms with van der Waals surface area (Å²) in [6.45, 7) is 10.5. The van der Waals surface area contributed by atoms with Crippen LogP contribution in [-0.2, 0) is 0 Å². The smallest absolute Gasteiger partial charge is 0.101 e. The summed E-state index contributed by atoms with van der Waals surface area (Å²) in [7, 11) is 0. The topological polar surface area (TPSA) is 27.0 Å². The van der Waals surface area contributed by atoms with E-state index in [0.29, 0.717) is 5.92 Å². The van der Waals surface area contributed by atoms with Crippen LogP contribution in [0.5, 0.6) is 0 Å². The molecule has 0 aliphatic heterocycles. The van der Waals surface area contributed by atoms with Crippen LogP contribution in [-0.4, -0.2) is 13.1 Å².